The Bertz CT molecular complexity index is 1020. The summed E-state index contributed by atoms with van der Waals surface area (Å²) in [6, 6.07) is 7.91. The second-order valence-corrected chi connectivity index (χ2v) is 8.61. The van der Waals surface area contributed by atoms with Crippen LogP contribution in [0.1, 0.15) is 64.7 Å². The molecule has 1 fully saturated rings. The normalized spacial score (nSPS) is 21.1. The molecule has 1 aromatic heterocycles. The van der Waals surface area contributed by atoms with Gasteiger partial charge in [0.2, 0.25) is 5.91 Å². The zero-order valence-corrected chi connectivity index (χ0v) is 18.2. The van der Waals surface area contributed by atoms with Crippen molar-refractivity contribution in [1.82, 2.24) is 19.8 Å². The van der Waals surface area contributed by atoms with Crippen LogP contribution < -0.4 is 5.32 Å². The molecule has 1 aliphatic heterocycles. The lowest BCUT2D eigenvalue weighted by Crippen LogP contribution is -2.64. The Morgan fingerprint density at radius 2 is 1.97 bits per heavy atom. The molecule has 2 aromatic rings. The third-order valence-electron chi connectivity index (χ3n) is 6.51. The van der Waals surface area contributed by atoms with Gasteiger partial charge in [0, 0.05) is 12.6 Å². The second-order valence-electron chi connectivity index (χ2n) is 8.61. The number of carbonyl (C=O) groups is 3. The van der Waals surface area contributed by atoms with E-state index < -0.39 is 17.4 Å². The van der Waals surface area contributed by atoms with Crippen LogP contribution in [0.15, 0.2) is 30.6 Å². The number of imidazole rings is 1. The highest BCUT2D eigenvalue weighted by atomic mass is 16.5. The van der Waals surface area contributed by atoms with Gasteiger partial charge in [0.05, 0.1) is 20.0 Å². The highest BCUT2D eigenvalue weighted by Crippen LogP contribution is 2.32. The van der Waals surface area contributed by atoms with E-state index in [2.05, 4.69) is 10.3 Å². The lowest BCUT2D eigenvalue weighted by Gasteiger charge is -2.44. The number of hydrogen-bond donors (Lipinski definition) is 1. The van der Waals surface area contributed by atoms with Gasteiger partial charge in [0.1, 0.15) is 11.2 Å². The molecular formula is C23H28N4O4. The predicted molar refractivity (Wildman–Crippen MR) is 113 cm³/mol. The van der Waals surface area contributed by atoms with Crippen molar-refractivity contribution in [2.45, 2.75) is 64.2 Å². The van der Waals surface area contributed by atoms with Gasteiger partial charge in [-0.2, -0.15) is 0 Å². The number of methoxy groups -OCH3 is 1. The van der Waals surface area contributed by atoms with E-state index in [1.165, 1.54) is 13.4 Å². The largest absolute Gasteiger partial charge is 0.464 e. The Balaban J connectivity index is 1.75. The Morgan fingerprint density at radius 3 is 2.65 bits per heavy atom. The van der Waals surface area contributed by atoms with E-state index in [0.29, 0.717) is 0 Å². The number of aromatic nitrogens is 2. The number of esters is 1. The van der Waals surface area contributed by atoms with Gasteiger partial charge in [-0.1, -0.05) is 37.1 Å². The minimum Gasteiger partial charge on any atom is -0.464 e. The van der Waals surface area contributed by atoms with Gasteiger partial charge in [-0.25, -0.2) is 9.78 Å². The number of nitrogens with zero attached hydrogens (tertiary/aromatic N) is 3. The fourth-order valence-electron chi connectivity index (χ4n) is 4.55. The summed E-state index contributed by atoms with van der Waals surface area (Å²) in [4.78, 5) is 45.0. The third-order valence-corrected chi connectivity index (χ3v) is 6.51. The SMILES string of the molecule is COC(=O)c1ncn2c1C(=O)N(Cc1ccccc1C)[C@](C)(C(=O)NC1CCCC1)C2. The van der Waals surface area contributed by atoms with Gasteiger partial charge in [-0.3, -0.25) is 9.59 Å². The Labute approximate surface area is 181 Å². The molecule has 0 bridgehead atoms. The van der Waals surface area contributed by atoms with Crippen LogP contribution in [-0.2, 0) is 22.6 Å². The minimum absolute atomic E-state index is 0.0273. The summed E-state index contributed by atoms with van der Waals surface area (Å²) in [6.07, 6.45) is 5.54. The molecule has 2 amide bonds. The second kappa shape index (κ2) is 8.17. The average Bonchev–Trinajstić information content (AvgIpc) is 3.41. The predicted octanol–water partition coefficient (Wildman–Crippen LogP) is 2.45. The molecule has 2 heterocycles. The van der Waals surface area contributed by atoms with E-state index in [-0.39, 0.29) is 36.4 Å². The maximum absolute atomic E-state index is 13.7. The maximum Gasteiger partial charge on any atom is 0.359 e. The molecule has 1 atom stereocenters. The molecular weight excluding hydrogens is 396 g/mol. The van der Waals surface area contributed by atoms with Crippen LogP contribution in [0.2, 0.25) is 0 Å². The molecule has 0 saturated heterocycles. The van der Waals surface area contributed by atoms with E-state index >= 15 is 0 Å². The van der Waals surface area contributed by atoms with Crippen molar-refractivity contribution in [3.63, 3.8) is 0 Å². The van der Waals surface area contributed by atoms with Gasteiger partial charge in [-0.15, -0.1) is 0 Å². The molecule has 4 rings (SSSR count). The molecule has 1 N–H and O–H groups in total. The highest BCUT2D eigenvalue weighted by Gasteiger charge is 2.49. The first-order valence-electron chi connectivity index (χ1n) is 10.7. The highest BCUT2D eigenvalue weighted by molar-refractivity contribution is 6.06. The summed E-state index contributed by atoms with van der Waals surface area (Å²) in [5.74, 6) is -1.26. The standard InChI is InChI=1S/C23H28N4O4/c1-15-8-4-5-9-16(15)12-27-20(28)19-18(21(29)31-3)24-14-26(19)13-23(27,2)22(30)25-17-10-6-7-11-17/h4-5,8-9,14,17H,6-7,10-13H2,1-3H3,(H,25,30)/t23-/m0/s1. The fourth-order valence-corrected chi connectivity index (χ4v) is 4.55. The van der Waals surface area contributed by atoms with E-state index in [1.807, 2.05) is 31.2 Å². The minimum atomic E-state index is -1.12. The molecule has 0 spiro atoms. The van der Waals surface area contributed by atoms with Crippen molar-refractivity contribution in [2.24, 2.45) is 0 Å². The molecule has 31 heavy (non-hydrogen) atoms. The number of benzene rings is 1. The van der Waals surface area contributed by atoms with Crippen LogP contribution in [0, 0.1) is 6.92 Å². The van der Waals surface area contributed by atoms with E-state index in [0.717, 1.165) is 36.8 Å². The molecule has 8 nitrogen and oxygen atoms in total. The van der Waals surface area contributed by atoms with Crippen molar-refractivity contribution >= 4 is 17.8 Å². The molecule has 164 valence electrons. The number of carbonyl (C=O) groups excluding carboxylic acids is 3. The van der Waals surface area contributed by atoms with Gasteiger partial charge < -0.3 is 19.5 Å². The lowest BCUT2D eigenvalue weighted by molar-refractivity contribution is -0.134. The van der Waals surface area contributed by atoms with Gasteiger partial charge in [0.25, 0.3) is 5.91 Å². The maximum atomic E-state index is 13.7. The summed E-state index contributed by atoms with van der Waals surface area (Å²) in [5, 5.41) is 3.15. The molecule has 1 aromatic carbocycles. The number of hydrogen-bond acceptors (Lipinski definition) is 5. The number of fused-ring (bicyclic) bond motifs is 1. The van der Waals surface area contributed by atoms with E-state index in [9.17, 15) is 14.4 Å². The van der Waals surface area contributed by atoms with Crippen molar-refractivity contribution in [2.75, 3.05) is 7.11 Å². The molecule has 1 saturated carbocycles. The van der Waals surface area contributed by atoms with Crippen LogP contribution in [0.25, 0.3) is 0 Å². The number of ether oxygens (including phenoxy) is 1. The van der Waals surface area contributed by atoms with E-state index in [4.69, 9.17) is 4.74 Å². The molecule has 0 unspecified atom stereocenters. The number of rotatable bonds is 5. The number of nitrogens with one attached hydrogen (secondary N) is 1. The number of aryl methyl sites for hydroxylation is 1. The zero-order valence-electron chi connectivity index (χ0n) is 18.2. The van der Waals surface area contributed by atoms with Crippen LogP contribution in [-0.4, -0.2) is 50.9 Å². The Kier molecular flexibility index (Phi) is 5.56. The van der Waals surface area contributed by atoms with Crippen LogP contribution in [0.4, 0.5) is 0 Å². The average molecular weight is 425 g/mol. The fraction of sp³-hybridized carbons (Fsp3) is 0.478. The van der Waals surface area contributed by atoms with Gasteiger partial charge in [0.15, 0.2) is 5.69 Å². The smallest absolute Gasteiger partial charge is 0.359 e. The Hall–Kier alpha value is -3.16. The van der Waals surface area contributed by atoms with Crippen LogP contribution in [0.5, 0.6) is 0 Å². The lowest BCUT2D eigenvalue weighted by atomic mass is 9.92. The topological polar surface area (TPSA) is 93.5 Å². The summed E-state index contributed by atoms with van der Waals surface area (Å²) in [6.45, 7) is 4.23. The van der Waals surface area contributed by atoms with Crippen LogP contribution in [0.3, 0.4) is 0 Å². The molecule has 8 heteroatoms. The summed E-state index contributed by atoms with van der Waals surface area (Å²) >= 11 is 0. The monoisotopic (exact) mass is 424 g/mol. The summed E-state index contributed by atoms with van der Waals surface area (Å²) < 4.78 is 6.40. The quantitative estimate of drug-likeness (QED) is 0.744. The first-order chi connectivity index (χ1) is 14.8. The molecule has 0 radical (unpaired) electrons. The summed E-state index contributed by atoms with van der Waals surface area (Å²) in [5.41, 5.74) is 0.986. The van der Waals surface area contributed by atoms with Crippen molar-refractivity contribution in [3.05, 3.63) is 53.1 Å². The number of amides is 2. The zero-order chi connectivity index (χ0) is 22.2. The Morgan fingerprint density at radius 1 is 1.26 bits per heavy atom. The molecule has 2 aliphatic rings. The van der Waals surface area contributed by atoms with Crippen molar-refractivity contribution < 1.29 is 19.1 Å². The third kappa shape index (κ3) is 3.71. The first kappa shape index (κ1) is 21.1. The van der Waals surface area contributed by atoms with Crippen molar-refractivity contribution in [3.8, 4) is 0 Å². The van der Waals surface area contributed by atoms with Crippen molar-refractivity contribution in [1.29, 1.82) is 0 Å². The summed E-state index contributed by atoms with van der Waals surface area (Å²) in [7, 11) is 1.26. The first-order valence-corrected chi connectivity index (χ1v) is 10.7. The van der Waals surface area contributed by atoms with Gasteiger partial charge in [-0.05, 0) is 37.8 Å². The van der Waals surface area contributed by atoms with Gasteiger partial charge >= 0.3 is 5.97 Å². The van der Waals surface area contributed by atoms with Crippen LogP contribution >= 0.6 is 0 Å². The molecule has 1 aliphatic carbocycles. The van der Waals surface area contributed by atoms with E-state index in [1.54, 1.807) is 16.4 Å².